The molecule has 0 aliphatic rings. The van der Waals surface area contributed by atoms with Crippen molar-refractivity contribution in [1.29, 1.82) is 0 Å². The fourth-order valence-corrected chi connectivity index (χ4v) is 8.87. The summed E-state index contributed by atoms with van der Waals surface area (Å²) in [5, 5.41) is 3.01. The first-order valence-corrected chi connectivity index (χ1v) is 30.6. The summed E-state index contributed by atoms with van der Waals surface area (Å²) in [5.74, 6) is -0.560. The van der Waals surface area contributed by atoms with Gasteiger partial charge in [0.15, 0.2) is 0 Å². The molecule has 0 fully saturated rings. The van der Waals surface area contributed by atoms with E-state index in [1.54, 1.807) is 0 Å². The van der Waals surface area contributed by atoms with Crippen molar-refractivity contribution in [2.24, 2.45) is 0 Å². The van der Waals surface area contributed by atoms with Gasteiger partial charge in [-0.15, -0.1) is 0 Å². The number of esters is 1. The number of rotatable bonds is 52. The Morgan fingerprint density at radius 1 is 0.500 bits per heavy atom. The van der Waals surface area contributed by atoms with Gasteiger partial charge in [0.05, 0.1) is 33.8 Å². The molecule has 1 N–H and O–H groups in total. The van der Waals surface area contributed by atoms with Crippen LogP contribution in [0.15, 0.2) is 60.8 Å². The Balaban J connectivity index is 5.30. The molecule has 10 heteroatoms. The number of ether oxygens (including phenoxy) is 1. The Bertz CT molecular complexity index is 1390. The van der Waals surface area contributed by atoms with Crippen molar-refractivity contribution < 1.29 is 37.3 Å². The third kappa shape index (κ3) is 50.6. The molecule has 0 saturated carbocycles. The second-order valence-corrected chi connectivity index (χ2v) is 22.2. The van der Waals surface area contributed by atoms with E-state index in [9.17, 15) is 19.0 Å². The van der Waals surface area contributed by atoms with E-state index >= 15 is 0 Å². The summed E-state index contributed by atoms with van der Waals surface area (Å²) in [6, 6.07) is -0.893. The van der Waals surface area contributed by atoms with Crippen molar-refractivity contribution in [1.82, 2.24) is 5.32 Å². The van der Waals surface area contributed by atoms with Gasteiger partial charge < -0.3 is 28.5 Å². The molecule has 70 heavy (non-hydrogen) atoms. The minimum absolute atomic E-state index is 0.0259. The van der Waals surface area contributed by atoms with E-state index in [0.717, 1.165) is 89.9 Å². The quantitative estimate of drug-likeness (QED) is 0.0212. The lowest BCUT2D eigenvalue weighted by Crippen LogP contribution is -2.47. The van der Waals surface area contributed by atoms with Crippen LogP contribution in [0.1, 0.15) is 258 Å². The zero-order valence-corrected chi connectivity index (χ0v) is 47.4. The van der Waals surface area contributed by atoms with E-state index in [1.165, 1.54) is 128 Å². The number of nitrogens with one attached hydrogen (secondary N) is 1. The van der Waals surface area contributed by atoms with E-state index < -0.39 is 26.6 Å². The molecule has 0 aliphatic carbocycles. The molecule has 0 rings (SSSR count). The molecular weight excluding hydrogens is 892 g/mol. The Labute approximate surface area is 432 Å². The molecule has 0 heterocycles. The van der Waals surface area contributed by atoms with Crippen LogP contribution in [0.5, 0.6) is 0 Å². The van der Waals surface area contributed by atoms with E-state index in [0.29, 0.717) is 23.9 Å². The number of amides is 1. The van der Waals surface area contributed by atoms with E-state index in [-0.39, 0.29) is 24.9 Å². The first kappa shape index (κ1) is 67.7. The maximum atomic E-state index is 13.4. The van der Waals surface area contributed by atoms with Gasteiger partial charge in [-0.3, -0.25) is 14.2 Å². The summed E-state index contributed by atoms with van der Waals surface area (Å²) in [4.78, 5) is 39.8. The molecule has 0 spiro atoms. The molecule has 0 aromatic carbocycles. The summed E-state index contributed by atoms with van der Waals surface area (Å²) in [6.07, 6.45) is 61.8. The van der Waals surface area contributed by atoms with Crippen LogP contribution in [-0.4, -0.2) is 69.4 Å². The lowest BCUT2D eigenvalue weighted by atomic mass is 10.0. The lowest BCUT2D eigenvalue weighted by Gasteiger charge is -2.30. The van der Waals surface area contributed by atoms with Gasteiger partial charge in [-0.05, 0) is 76.7 Å². The lowest BCUT2D eigenvalue weighted by molar-refractivity contribution is -0.870. The highest BCUT2D eigenvalue weighted by Crippen LogP contribution is 2.38. The highest BCUT2D eigenvalue weighted by Gasteiger charge is 2.27. The first-order valence-electron chi connectivity index (χ1n) is 29.1. The van der Waals surface area contributed by atoms with Crippen LogP contribution in [0, 0.1) is 0 Å². The molecular formula is C60H111N2O7P. The standard InChI is InChI=1S/C60H111N2O7P/c1-7-10-13-16-19-22-25-27-28-29-30-31-32-33-34-35-38-41-44-47-50-53-60(64)69-58(51-48-45-42-39-37-26-23-20-17-14-11-8-2)57(56-68-70(65,66)67-55-54-62(4,5)6)61-59(63)52-49-46-43-40-36-24-21-18-15-12-9-3/h19,22,27-28,30-31,33-34,48,51,57-58H,7-18,20-21,23-26,29,32,35-47,49-50,52-56H2,1-6H3,(H-,61,63,65,66)/b22-19-,28-27-,31-30-,34-33-,51-48+. The molecule has 1 amide bonds. The van der Waals surface area contributed by atoms with Crippen molar-refractivity contribution in [2.45, 2.75) is 270 Å². The Hall–Kier alpha value is -2.29. The molecule has 0 aliphatic heterocycles. The van der Waals surface area contributed by atoms with Crippen molar-refractivity contribution in [3.05, 3.63) is 60.8 Å². The molecule has 0 aromatic rings. The Morgan fingerprint density at radius 2 is 0.871 bits per heavy atom. The van der Waals surface area contributed by atoms with Gasteiger partial charge >= 0.3 is 5.97 Å². The number of phosphoric ester groups is 1. The zero-order valence-electron chi connectivity index (χ0n) is 46.5. The smallest absolute Gasteiger partial charge is 0.306 e. The predicted octanol–water partition coefficient (Wildman–Crippen LogP) is 16.9. The molecule has 0 radical (unpaired) electrons. The fourth-order valence-electron chi connectivity index (χ4n) is 8.15. The van der Waals surface area contributed by atoms with Gasteiger partial charge in [0.2, 0.25) is 5.91 Å². The summed E-state index contributed by atoms with van der Waals surface area (Å²) >= 11 is 0. The highest BCUT2D eigenvalue weighted by atomic mass is 31.2. The van der Waals surface area contributed by atoms with Crippen molar-refractivity contribution in [3.8, 4) is 0 Å². The Morgan fingerprint density at radius 3 is 1.33 bits per heavy atom. The number of phosphoric acid groups is 1. The third-order valence-corrected chi connectivity index (χ3v) is 13.7. The monoisotopic (exact) mass is 1000 g/mol. The van der Waals surface area contributed by atoms with Crippen LogP contribution in [-0.2, 0) is 27.9 Å². The molecule has 3 atom stereocenters. The minimum Gasteiger partial charge on any atom is -0.756 e. The number of hydrogen-bond donors (Lipinski definition) is 1. The average molecular weight is 1000 g/mol. The second-order valence-electron chi connectivity index (χ2n) is 20.8. The van der Waals surface area contributed by atoms with Crippen molar-refractivity contribution >= 4 is 19.7 Å². The normalized spacial score (nSPS) is 14.2. The van der Waals surface area contributed by atoms with Gasteiger partial charge in [-0.1, -0.05) is 230 Å². The Kier molecular flexibility index (Phi) is 48.6. The number of hydrogen-bond acceptors (Lipinski definition) is 7. The van der Waals surface area contributed by atoms with Crippen LogP contribution < -0.4 is 10.2 Å². The van der Waals surface area contributed by atoms with Crippen LogP contribution in [0.2, 0.25) is 0 Å². The molecule has 3 unspecified atom stereocenters. The summed E-state index contributed by atoms with van der Waals surface area (Å²) < 4.78 is 30.2. The minimum atomic E-state index is -4.69. The van der Waals surface area contributed by atoms with Gasteiger partial charge in [0.1, 0.15) is 19.3 Å². The van der Waals surface area contributed by atoms with Gasteiger partial charge in [0.25, 0.3) is 7.82 Å². The van der Waals surface area contributed by atoms with Gasteiger partial charge in [-0.2, -0.15) is 0 Å². The number of quaternary nitrogens is 1. The maximum Gasteiger partial charge on any atom is 0.306 e. The fraction of sp³-hybridized carbons (Fsp3) is 0.800. The third-order valence-electron chi connectivity index (χ3n) is 12.7. The van der Waals surface area contributed by atoms with Crippen molar-refractivity contribution in [3.63, 3.8) is 0 Å². The average Bonchev–Trinajstić information content (AvgIpc) is 3.32. The second kappa shape index (κ2) is 50.3. The van der Waals surface area contributed by atoms with Crippen molar-refractivity contribution in [2.75, 3.05) is 40.9 Å². The largest absolute Gasteiger partial charge is 0.756 e. The number of carbonyl (C=O) groups is 2. The highest BCUT2D eigenvalue weighted by molar-refractivity contribution is 7.45. The van der Waals surface area contributed by atoms with E-state index in [4.69, 9.17) is 13.8 Å². The van der Waals surface area contributed by atoms with E-state index in [2.05, 4.69) is 74.7 Å². The summed E-state index contributed by atoms with van der Waals surface area (Å²) in [6.45, 7) is 6.79. The topological polar surface area (TPSA) is 114 Å². The molecule has 0 bridgehead atoms. The molecule has 0 aromatic heterocycles. The number of carbonyl (C=O) groups excluding carboxylic acids is 2. The SMILES string of the molecule is CCCCC/C=C\C/C=C\C/C=C\C/C=C\CCCCCCCC(=O)OC(/C=C/CCCCCCCCCCCC)C(COP(=O)([O-])OCC[N+](C)(C)C)NC(=O)CCCCCCCCCCCCC. The molecule has 9 nitrogen and oxygen atoms in total. The number of allylic oxidation sites excluding steroid dienone is 9. The first-order chi connectivity index (χ1) is 33.9. The molecule has 0 saturated heterocycles. The molecule has 408 valence electrons. The zero-order chi connectivity index (χ0) is 51.5. The predicted molar refractivity (Wildman–Crippen MR) is 298 cm³/mol. The van der Waals surface area contributed by atoms with Crippen LogP contribution in [0.4, 0.5) is 0 Å². The number of nitrogens with zero attached hydrogens (tertiary/aromatic N) is 1. The van der Waals surface area contributed by atoms with Gasteiger partial charge in [0, 0.05) is 12.8 Å². The van der Waals surface area contributed by atoms with E-state index in [1.807, 2.05) is 33.3 Å². The van der Waals surface area contributed by atoms with Crippen LogP contribution in [0.25, 0.3) is 0 Å². The number of likely N-dealkylation sites (N-methyl/N-ethyl adjacent to an activating group) is 1. The van der Waals surface area contributed by atoms with Gasteiger partial charge in [-0.25, -0.2) is 0 Å². The summed E-state index contributed by atoms with van der Waals surface area (Å²) in [7, 11) is 1.17. The maximum absolute atomic E-state index is 13.4. The van der Waals surface area contributed by atoms with Crippen LogP contribution >= 0.6 is 7.82 Å². The number of unbranched alkanes of at least 4 members (excludes halogenated alkanes) is 28. The van der Waals surface area contributed by atoms with Crippen LogP contribution in [0.3, 0.4) is 0 Å². The summed E-state index contributed by atoms with van der Waals surface area (Å²) in [5.41, 5.74) is 0.